The predicted octanol–water partition coefficient (Wildman–Crippen LogP) is 0.778. The van der Waals surface area contributed by atoms with Gasteiger partial charge in [-0.3, -0.25) is 4.79 Å². The van der Waals surface area contributed by atoms with Crippen molar-refractivity contribution >= 4 is 21.7 Å². The van der Waals surface area contributed by atoms with Crippen molar-refractivity contribution < 1.29 is 18.3 Å². The minimum absolute atomic E-state index is 0.00104. The molecule has 1 unspecified atom stereocenters. The Hall–Kier alpha value is -1.60. The van der Waals surface area contributed by atoms with Gasteiger partial charge in [-0.2, -0.15) is 0 Å². The second kappa shape index (κ2) is 5.18. The second-order valence-electron chi connectivity index (χ2n) is 4.60. The minimum Gasteiger partial charge on any atom is -0.481 e. The molecule has 6 nitrogen and oxygen atoms in total. The standard InChI is InChI=1S/C12H16N2O4S/c13-19(17,18)11-6-2-1-5-10(11)14-7-3-4-9(14)8-12(15)16/h1-2,5-6,9H,3-4,7-8H2,(H,15,16)(H2,13,17,18). The lowest BCUT2D eigenvalue weighted by atomic mass is 10.1. The molecule has 1 aromatic carbocycles. The van der Waals surface area contributed by atoms with E-state index < -0.39 is 16.0 Å². The molecule has 1 fully saturated rings. The molecule has 0 bridgehead atoms. The Labute approximate surface area is 111 Å². The summed E-state index contributed by atoms with van der Waals surface area (Å²) in [4.78, 5) is 12.7. The summed E-state index contributed by atoms with van der Waals surface area (Å²) in [6.45, 7) is 0.643. The van der Waals surface area contributed by atoms with Crippen LogP contribution in [0.1, 0.15) is 19.3 Å². The number of carboxylic acids is 1. The predicted molar refractivity (Wildman–Crippen MR) is 70.4 cm³/mol. The summed E-state index contributed by atoms with van der Waals surface area (Å²) >= 11 is 0. The molecule has 3 N–H and O–H groups in total. The average Bonchev–Trinajstić information content (AvgIpc) is 2.75. The Bertz CT molecular complexity index is 585. The molecule has 0 aliphatic carbocycles. The van der Waals surface area contributed by atoms with Gasteiger partial charge in [0.1, 0.15) is 4.90 Å². The van der Waals surface area contributed by atoms with E-state index in [0.717, 1.165) is 12.8 Å². The SMILES string of the molecule is NS(=O)(=O)c1ccccc1N1CCCC1CC(=O)O. The van der Waals surface area contributed by atoms with Crippen molar-refractivity contribution in [1.82, 2.24) is 0 Å². The third-order valence-corrected chi connectivity index (χ3v) is 4.23. The third-order valence-electron chi connectivity index (χ3n) is 3.27. The van der Waals surface area contributed by atoms with Gasteiger partial charge in [-0.05, 0) is 25.0 Å². The summed E-state index contributed by atoms with van der Waals surface area (Å²) in [5.74, 6) is -0.884. The van der Waals surface area contributed by atoms with Crippen molar-refractivity contribution in [3.05, 3.63) is 24.3 Å². The number of carbonyl (C=O) groups is 1. The van der Waals surface area contributed by atoms with Gasteiger partial charge in [-0.25, -0.2) is 13.6 Å². The fraction of sp³-hybridized carbons (Fsp3) is 0.417. The number of anilines is 1. The van der Waals surface area contributed by atoms with Gasteiger partial charge in [-0.1, -0.05) is 12.1 Å². The van der Waals surface area contributed by atoms with Crippen molar-refractivity contribution in [3.8, 4) is 0 Å². The molecular formula is C12H16N2O4S. The Balaban J connectivity index is 2.39. The minimum atomic E-state index is -3.81. The maximum atomic E-state index is 11.6. The Kier molecular flexibility index (Phi) is 3.77. The van der Waals surface area contributed by atoms with Gasteiger partial charge in [-0.15, -0.1) is 0 Å². The van der Waals surface area contributed by atoms with Crippen molar-refractivity contribution in [1.29, 1.82) is 0 Å². The van der Waals surface area contributed by atoms with Gasteiger partial charge in [0.2, 0.25) is 10.0 Å². The molecule has 1 saturated heterocycles. The lowest BCUT2D eigenvalue weighted by Gasteiger charge is -2.27. The van der Waals surface area contributed by atoms with Crippen LogP contribution in [-0.2, 0) is 14.8 Å². The second-order valence-corrected chi connectivity index (χ2v) is 6.13. The molecule has 1 aliphatic heterocycles. The Morgan fingerprint density at radius 3 is 2.74 bits per heavy atom. The molecule has 2 rings (SSSR count). The van der Waals surface area contributed by atoms with E-state index in [9.17, 15) is 13.2 Å². The highest BCUT2D eigenvalue weighted by molar-refractivity contribution is 7.89. The maximum absolute atomic E-state index is 11.6. The van der Waals surface area contributed by atoms with Gasteiger partial charge in [0.15, 0.2) is 0 Å². The van der Waals surface area contributed by atoms with Crippen molar-refractivity contribution in [3.63, 3.8) is 0 Å². The van der Waals surface area contributed by atoms with Crippen LogP contribution in [0.2, 0.25) is 0 Å². The van der Waals surface area contributed by atoms with E-state index in [1.54, 1.807) is 18.2 Å². The topological polar surface area (TPSA) is 101 Å². The van der Waals surface area contributed by atoms with Crippen molar-refractivity contribution in [2.75, 3.05) is 11.4 Å². The quantitative estimate of drug-likeness (QED) is 0.850. The van der Waals surface area contributed by atoms with Crippen LogP contribution < -0.4 is 10.0 Å². The van der Waals surface area contributed by atoms with Crippen LogP contribution in [0.15, 0.2) is 29.2 Å². The van der Waals surface area contributed by atoms with E-state index in [2.05, 4.69) is 0 Å². The smallest absolute Gasteiger partial charge is 0.305 e. The molecule has 1 aromatic rings. The zero-order valence-corrected chi connectivity index (χ0v) is 11.1. The summed E-state index contributed by atoms with van der Waals surface area (Å²) in [6.07, 6.45) is 1.58. The first kappa shape index (κ1) is 13.8. The molecule has 19 heavy (non-hydrogen) atoms. The molecule has 0 amide bonds. The van der Waals surface area contributed by atoms with Crippen molar-refractivity contribution in [2.45, 2.75) is 30.2 Å². The van der Waals surface area contributed by atoms with E-state index in [1.807, 2.05) is 4.90 Å². The van der Waals surface area contributed by atoms with Crippen LogP contribution in [-0.4, -0.2) is 32.1 Å². The lowest BCUT2D eigenvalue weighted by molar-refractivity contribution is -0.137. The molecule has 1 atom stereocenters. The van der Waals surface area contributed by atoms with Gasteiger partial charge >= 0.3 is 5.97 Å². The molecule has 7 heteroatoms. The number of carboxylic acid groups (broad SMARTS) is 1. The first-order valence-corrected chi connectivity index (χ1v) is 7.54. The fourth-order valence-corrected chi connectivity index (χ4v) is 3.25. The van der Waals surface area contributed by atoms with Crippen LogP contribution in [0, 0.1) is 0 Å². The van der Waals surface area contributed by atoms with Crippen LogP contribution in [0.5, 0.6) is 0 Å². The highest BCUT2D eigenvalue weighted by Crippen LogP contribution is 2.31. The van der Waals surface area contributed by atoms with E-state index in [0.29, 0.717) is 12.2 Å². The van der Waals surface area contributed by atoms with Crippen LogP contribution >= 0.6 is 0 Å². The number of primary sulfonamides is 1. The van der Waals surface area contributed by atoms with Crippen LogP contribution in [0.3, 0.4) is 0 Å². The molecule has 0 aromatic heterocycles. The highest BCUT2D eigenvalue weighted by atomic mass is 32.2. The summed E-state index contributed by atoms with van der Waals surface area (Å²) in [5, 5.41) is 14.1. The fourth-order valence-electron chi connectivity index (χ4n) is 2.50. The molecule has 0 spiro atoms. The maximum Gasteiger partial charge on any atom is 0.305 e. The number of para-hydroxylation sites is 1. The number of rotatable bonds is 4. The normalized spacial score (nSPS) is 19.6. The number of benzene rings is 1. The molecule has 104 valence electrons. The Morgan fingerprint density at radius 1 is 1.42 bits per heavy atom. The zero-order valence-electron chi connectivity index (χ0n) is 10.3. The summed E-state index contributed by atoms with van der Waals surface area (Å²) in [6, 6.07) is 6.26. The summed E-state index contributed by atoms with van der Waals surface area (Å²) in [5.41, 5.74) is 0.494. The highest BCUT2D eigenvalue weighted by Gasteiger charge is 2.29. The van der Waals surface area contributed by atoms with E-state index in [1.165, 1.54) is 6.07 Å². The third kappa shape index (κ3) is 3.05. The monoisotopic (exact) mass is 284 g/mol. The Morgan fingerprint density at radius 2 is 2.11 bits per heavy atom. The van der Waals surface area contributed by atoms with Gasteiger partial charge < -0.3 is 10.0 Å². The van der Waals surface area contributed by atoms with Crippen LogP contribution in [0.4, 0.5) is 5.69 Å². The summed E-state index contributed by atoms with van der Waals surface area (Å²) in [7, 11) is -3.81. The number of aliphatic carboxylic acids is 1. The van der Waals surface area contributed by atoms with E-state index in [-0.39, 0.29) is 17.4 Å². The van der Waals surface area contributed by atoms with Crippen molar-refractivity contribution in [2.24, 2.45) is 5.14 Å². The number of hydrogen-bond donors (Lipinski definition) is 2. The first-order chi connectivity index (χ1) is 8.89. The average molecular weight is 284 g/mol. The summed E-state index contributed by atoms with van der Waals surface area (Å²) < 4.78 is 23.1. The molecular weight excluding hydrogens is 268 g/mol. The number of nitrogens with two attached hydrogens (primary N) is 1. The molecule has 1 heterocycles. The number of nitrogens with zero attached hydrogens (tertiary/aromatic N) is 1. The largest absolute Gasteiger partial charge is 0.481 e. The van der Waals surface area contributed by atoms with Crippen LogP contribution in [0.25, 0.3) is 0 Å². The van der Waals surface area contributed by atoms with Gasteiger partial charge in [0.25, 0.3) is 0 Å². The zero-order chi connectivity index (χ0) is 14.0. The molecule has 0 saturated carbocycles. The van der Waals surface area contributed by atoms with Gasteiger partial charge in [0, 0.05) is 12.6 Å². The number of hydrogen-bond acceptors (Lipinski definition) is 4. The molecule has 1 aliphatic rings. The van der Waals surface area contributed by atoms with Gasteiger partial charge in [0.05, 0.1) is 12.1 Å². The van der Waals surface area contributed by atoms with E-state index >= 15 is 0 Å². The van der Waals surface area contributed by atoms with E-state index in [4.69, 9.17) is 10.2 Å². The first-order valence-electron chi connectivity index (χ1n) is 6.00. The molecule has 0 radical (unpaired) electrons. The lowest BCUT2D eigenvalue weighted by Crippen LogP contribution is -2.32. The number of sulfonamides is 1.